The molecule has 0 bridgehead atoms. The molecule has 4 aromatic rings. The number of hydrogen-bond donors (Lipinski definition) is 1. The van der Waals surface area contributed by atoms with E-state index >= 15 is 0 Å². The van der Waals surface area contributed by atoms with Gasteiger partial charge in [0.2, 0.25) is 5.95 Å². The second-order valence-corrected chi connectivity index (χ2v) is 6.74. The van der Waals surface area contributed by atoms with E-state index in [0.717, 1.165) is 12.5 Å². The van der Waals surface area contributed by atoms with Crippen LogP contribution in [0.15, 0.2) is 53.6 Å². The largest absolute Gasteiger partial charge is 0.434 e. The monoisotopic (exact) mass is 469 g/mol. The molecule has 0 saturated carbocycles. The third kappa shape index (κ3) is 5.27. The number of benzene rings is 1. The summed E-state index contributed by atoms with van der Waals surface area (Å²) in [6.45, 7) is -0.0127. The number of hydrogen-bond acceptors (Lipinski definition) is 7. The van der Waals surface area contributed by atoms with Crippen LogP contribution >= 0.6 is 0 Å². The van der Waals surface area contributed by atoms with Crippen LogP contribution in [0.4, 0.5) is 32.3 Å². The van der Waals surface area contributed by atoms with Crippen molar-refractivity contribution in [2.24, 2.45) is 0 Å². The Morgan fingerprint density at radius 2 is 1.70 bits per heavy atom. The summed E-state index contributed by atoms with van der Waals surface area (Å²) in [6, 6.07) is 4.68. The van der Waals surface area contributed by atoms with Gasteiger partial charge in [-0.15, -0.1) is 10.2 Å². The fraction of sp³-hybridized carbons (Fsp3) is 0.211. The average molecular weight is 469 g/mol. The van der Waals surface area contributed by atoms with Gasteiger partial charge in [0.05, 0.1) is 17.9 Å². The van der Waals surface area contributed by atoms with Crippen molar-refractivity contribution in [1.29, 1.82) is 0 Å². The van der Waals surface area contributed by atoms with Crippen molar-refractivity contribution >= 4 is 5.95 Å². The maximum absolute atomic E-state index is 13.3. The summed E-state index contributed by atoms with van der Waals surface area (Å²) >= 11 is 0. The van der Waals surface area contributed by atoms with Crippen molar-refractivity contribution in [3.8, 4) is 11.5 Å². The fourth-order valence-electron chi connectivity index (χ4n) is 2.85. The fourth-order valence-corrected chi connectivity index (χ4v) is 2.85. The van der Waals surface area contributed by atoms with Gasteiger partial charge in [0.25, 0.3) is 11.8 Å². The lowest BCUT2D eigenvalue weighted by molar-refractivity contribution is -0.141. The molecule has 33 heavy (non-hydrogen) atoms. The predicted octanol–water partition coefficient (Wildman–Crippen LogP) is 4.67. The number of aromatic nitrogens is 6. The molecular formula is C19H13F6N7O. The van der Waals surface area contributed by atoms with Crippen LogP contribution in [0.5, 0.6) is 0 Å². The normalized spacial score (nSPS) is 12.8. The first kappa shape index (κ1) is 22.2. The molecule has 3 heterocycles. The van der Waals surface area contributed by atoms with E-state index in [-0.39, 0.29) is 23.9 Å². The molecule has 0 fully saturated rings. The molecule has 14 heteroatoms. The molecular weight excluding hydrogens is 456 g/mol. The Kier molecular flexibility index (Phi) is 5.98. The second-order valence-electron chi connectivity index (χ2n) is 6.74. The molecule has 0 unspecified atom stereocenters. The summed E-state index contributed by atoms with van der Waals surface area (Å²) in [5.74, 6) is -1.46. The molecule has 1 N–H and O–H groups in total. The second kappa shape index (κ2) is 8.88. The van der Waals surface area contributed by atoms with Gasteiger partial charge in [-0.3, -0.25) is 0 Å². The minimum Gasteiger partial charge on any atom is -0.415 e. The minimum absolute atomic E-state index is 0.0127. The number of imidazole rings is 1. The third-order valence-corrected chi connectivity index (χ3v) is 4.42. The number of rotatable bonds is 7. The van der Waals surface area contributed by atoms with E-state index in [4.69, 9.17) is 4.42 Å². The zero-order chi connectivity index (χ0) is 23.6. The van der Waals surface area contributed by atoms with Gasteiger partial charge >= 0.3 is 12.6 Å². The minimum atomic E-state index is -4.60. The maximum atomic E-state index is 13.3. The first-order valence-corrected chi connectivity index (χ1v) is 9.24. The van der Waals surface area contributed by atoms with E-state index in [2.05, 4.69) is 30.5 Å². The Morgan fingerprint density at radius 1 is 1.00 bits per heavy atom. The lowest BCUT2D eigenvalue weighted by Crippen LogP contribution is -2.18. The van der Waals surface area contributed by atoms with Crippen molar-refractivity contribution < 1.29 is 30.8 Å². The van der Waals surface area contributed by atoms with Crippen LogP contribution in [0.3, 0.4) is 0 Å². The highest BCUT2D eigenvalue weighted by atomic mass is 19.4. The molecule has 3 aromatic heterocycles. The summed E-state index contributed by atoms with van der Waals surface area (Å²) in [4.78, 5) is 11.5. The Labute approximate surface area is 181 Å². The molecule has 172 valence electrons. The Balaban J connectivity index is 1.55. The average Bonchev–Trinajstić information content (AvgIpc) is 3.44. The zero-order valence-corrected chi connectivity index (χ0v) is 16.3. The van der Waals surface area contributed by atoms with E-state index in [0.29, 0.717) is 5.56 Å². The van der Waals surface area contributed by atoms with Crippen LogP contribution in [0.25, 0.3) is 11.5 Å². The molecule has 0 aliphatic rings. The first-order chi connectivity index (χ1) is 15.7. The topological polar surface area (TPSA) is 94.6 Å². The van der Waals surface area contributed by atoms with E-state index in [1.165, 1.54) is 41.2 Å². The van der Waals surface area contributed by atoms with Crippen molar-refractivity contribution in [3.05, 3.63) is 72.1 Å². The number of nitrogens with one attached hydrogen (secondary N) is 1. The van der Waals surface area contributed by atoms with E-state index < -0.39 is 36.0 Å². The quantitative estimate of drug-likeness (QED) is 0.393. The van der Waals surface area contributed by atoms with Crippen molar-refractivity contribution in [2.45, 2.75) is 25.2 Å². The lowest BCUT2D eigenvalue weighted by Gasteiger charge is -2.20. The van der Waals surface area contributed by atoms with E-state index in [9.17, 15) is 26.3 Å². The molecule has 0 aliphatic heterocycles. The highest BCUT2D eigenvalue weighted by Crippen LogP contribution is 2.28. The van der Waals surface area contributed by atoms with Crippen LogP contribution in [0.1, 0.15) is 29.6 Å². The van der Waals surface area contributed by atoms with Crippen LogP contribution in [0, 0.1) is 5.82 Å². The van der Waals surface area contributed by atoms with Crippen molar-refractivity contribution in [3.63, 3.8) is 0 Å². The number of anilines is 1. The number of nitrogens with zero attached hydrogens (tertiary/aromatic N) is 6. The standard InChI is InChI=1S/C19H13F6N7O/c20-12-3-1-10(2-4-12)13(7-32-8-14(28-9-32)19(23,24)25)29-18-26-5-11(6-27-18)16-30-31-17(33-16)15(21)22/h1-6,8-9,13,15H,7H2,(H,26,27,29)/t13-/m1/s1. The Hall–Kier alpha value is -3.97. The van der Waals surface area contributed by atoms with Gasteiger partial charge in [-0.05, 0) is 17.7 Å². The van der Waals surface area contributed by atoms with E-state index in [1.807, 2.05) is 0 Å². The Bertz CT molecular complexity index is 1200. The van der Waals surface area contributed by atoms with Crippen molar-refractivity contribution in [2.75, 3.05) is 5.32 Å². The Morgan fingerprint density at radius 3 is 2.27 bits per heavy atom. The lowest BCUT2D eigenvalue weighted by atomic mass is 10.1. The van der Waals surface area contributed by atoms with Gasteiger partial charge in [-0.1, -0.05) is 12.1 Å². The predicted molar refractivity (Wildman–Crippen MR) is 100 cm³/mol. The highest BCUT2D eigenvalue weighted by molar-refractivity contribution is 5.50. The van der Waals surface area contributed by atoms with Crippen molar-refractivity contribution in [1.82, 2.24) is 29.7 Å². The summed E-state index contributed by atoms with van der Waals surface area (Å²) in [5.41, 5.74) is -0.323. The van der Waals surface area contributed by atoms with Crippen LogP contribution in [-0.4, -0.2) is 29.7 Å². The highest BCUT2D eigenvalue weighted by Gasteiger charge is 2.33. The molecule has 0 spiro atoms. The van der Waals surface area contributed by atoms with Gasteiger partial charge in [0.15, 0.2) is 5.69 Å². The molecule has 0 amide bonds. The number of alkyl halides is 5. The molecule has 0 radical (unpaired) electrons. The van der Waals surface area contributed by atoms with Gasteiger partial charge in [-0.25, -0.2) is 19.3 Å². The summed E-state index contributed by atoms with van der Waals surface area (Å²) in [5, 5.41) is 9.67. The summed E-state index contributed by atoms with van der Waals surface area (Å²) < 4.78 is 83.2. The van der Waals surface area contributed by atoms with Gasteiger partial charge < -0.3 is 14.3 Å². The van der Waals surface area contributed by atoms with Gasteiger partial charge in [-0.2, -0.15) is 22.0 Å². The molecule has 1 aromatic carbocycles. The molecule has 0 aliphatic carbocycles. The summed E-state index contributed by atoms with van der Waals surface area (Å²) in [7, 11) is 0. The summed E-state index contributed by atoms with van der Waals surface area (Å²) in [6.07, 6.45) is -3.15. The smallest absolute Gasteiger partial charge is 0.415 e. The molecule has 8 nitrogen and oxygen atoms in total. The molecule has 1 atom stereocenters. The third-order valence-electron chi connectivity index (χ3n) is 4.42. The maximum Gasteiger partial charge on any atom is 0.434 e. The zero-order valence-electron chi connectivity index (χ0n) is 16.3. The van der Waals surface area contributed by atoms with Crippen LogP contribution < -0.4 is 5.32 Å². The van der Waals surface area contributed by atoms with E-state index in [1.54, 1.807) is 0 Å². The van der Waals surface area contributed by atoms with Gasteiger partial charge in [0.1, 0.15) is 5.82 Å². The number of halogens is 6. The SMILES string of the molecule is Fc1ccc([C@@H](Cn2cnc(C(F)(F)F)c2)Nc2ncc(-c3nnc(C(F)F)o3)cn2)cc1. The first-order valence-electron chi connectivity index (χ1n) is 9.24. The molecule has 0 saturated heterocycles. The van der Waals surface area contributed by atoms with Crippen LogP contribution in [-0.2, 0) is 12.7 Å². The van der Waals surface area contributed by atoms with Crippen LogP contribution in [0.2, 0.25) is 0 Å². The molecule has 4 rings (SSSR count). The van der Waals surface area contributed by atoms with Gasteiger partial charge in [0, 0.05) is 25.1 Å².